The number of pyridine rings is 1. The summed E-state index contributed by atoms with van der Waals surface area (Å²) in [4.78, 5) is 17.2. The van der Waals surface area contributed by atoms with Crippen molar-refractivity contribution in [1.82, 2.24) is 20.1 Å². The van der Waals surface area contributed by atoms with Crippen LogP contribution >= 0.6 is 11.6 Å². The van der Waals surface area contributed by atoms with Crippen LogP contribution in [-0.2, 0) is 6.42 Å². The summed E-state index contributed by atoms with van der Waals surface area (Å²) < 4.78 is 15.8. The number of benzene rings is 2. The van der Waals surface area contributed by atoms with E-state index in [2.05, 4.69) is 15.4 Å². The van der Waals surface area contributed by atoms with Crippen LogP contribution < -0.4 is 5.32 Å². The van der Waals surface area contributed by atoms with Gasteiger partial charge < -0.3 is 5.32 Å². The van der Waals surface area contributed by atoms with Crippen LogP contribution in [0.15, 0.2) is 79.0 Å². The molecular formula is C23H18ClFN4O. The van der Waals surface area contributed by atoms with Gasteiger partial charge in [0.2, 0.25) is 0 Å². The molecule has 2 aromatic carbocycles. The summed E-state index contributed by atoms with van der Waals surface area (Å²) in [5, 5.41) is 7.88. The molecule has 0 spiro atoms. The molecule has 0 bridgehead atoms. The van der Waals surface area contributed by atoms with Crippen LogP contribution in [0.2, 0.25) is 5.02 Å². The number of nitrogens with one attached hydrogen (secondary N) is 1. The average Bonchev–Trinajstić information content (AvgIpc) is 3.20. The number of hydrogen-bond acceptors (Lipinski definition) is 3. The van der Waals surface area contributed by atoms with Gasteiger partial charge in [-0.15, -0.1) is 0 Å². The lowest BCUT2D eigenvalue weighted by Crippen LogP contribution is -2.28. The highest BCUT2D eigenvalue weighted by molar-refractivity contribution is 6.30. The van der Waals surface area contributed by atoms with Crippen LogP contribution in [0.1, 0.15) is 16.2 Å². The first-order valence-corrected chi connectivity index (χ1v) is 9.78. The minimum absolute atomic E-state index is 0.288. The summed E-state index contributed by atoms with van der Waals surface area (Å²) in [5.74, 6) is -0.726. The first-order chi connectivity index (χ1) is 14.6. The van der Waals surface area contributed by atoms with E-state index in [1.165, 1.54) is 10.7 Å². The third kappa shape index (κ3) is 4.39. The molecule has 2 heterocycles. The SMILES string of the molecule is O=C(NCCc1ccccn1)c1cc(-c2ccccc2F)nn1-c1cccc(Cl)c1. The highest BCUT2D eigenvalue weighted by Crippen LogP contribution is 2.25. The van der Waals surface area contributed by atoms with Gasteiger partial charge in [0.05, 0.1) is 11.4 Å². The van der Waals surface area contributed by atoms with Crippen molar-refractivity contribution in [3.8, 4) is 16.9 Å². The standard InChI is InChI=1S/C23H18ClFN4O/c24-16-6-5-8-18(14-16)29-22(15-21(28-29)19-9-1-2-10-20(19)25)23(30)27-13-11-17-7-3-4-12-26-17/h1-10,12,14-15H,11,13H2,(H,27,30). The molecule has 2 aromatic heterocycles. The van der Waals surface area contributed by atoms with Crippen molar-refractivity contribution in [3.05, 3.63) is 101 Å². The van der Waals surface area contributed by atoms with Gasteiger partial charge in [-0.05, 0) is 48.5 Å². The molecule has 0 unspecified atom stereocenters. The van der Waals surface area contributed by atoms with Gasteiger partial charge in [0.1, 0.15) is 11.5 Å². The van der Waals surface area contributed by atoms with Crippen molar-refractivity contribution in [2.75, 3.05) is 6.54 Å². The van der Waals surface area contributed by atoms with Crippen molar-refractivity contribution in [2.24, 2.45) is 0 Å². The molecule has 0 aliphatic carbocycles. The van der Waals surface area contributed by atoms with E-state index in [1.54, 1.807) is 54.7 Å². The number of amides is 1. The second-order valence-corrected chi connectivity index (χ2v) is 7.05. The lowest BCUT2D eigenvalue weighted by Gasteiger charge is -2.08. The number of halogens is 2. The fraction of sp³-hybridized carbons (Fsp3) is 0.0870. The van der Waals surface area contributed by atoms with Gasteiger partial charge in [-0.1, -0.05) is 35.9 Å². The van der Waals surface area contributed by atoms with Crippen LogP contribution in [0.4, 0.5) is 4.39 Å². The van der Waals surface area contributed by atoms with Crippen LogP contribution in [0, 0.1) is 5.82 Å². The largest absolute Gasteiger partial charge is 0.350 e. The fourth-order valence-electron chi connectivity index (χ4n) is 3.09. The predicted molar refractivity (Wildman–Crippen MR) is 114 cm³/mol. The summed E-state index contributed by atoms with van der Waals surface area (Å²) in [5.41, 5.74) is 2.47. The number of aromatic nitrogens is 3. The lowest BCUT2D eigenvalue weighted by molar-refractivity contribution is 0.0946. The molecule has 4 aromatic rings. The van der Waals surface area contributed by atoms with E-state index < -0.39 is 5.82 Å². The average molecular weight is 421 g/mol. The van der Waals surface area contributed by atoms with Crippen LogP contribution in [0.3, 0.4) is 0 Å². The second kappa shape index (κ2) is 8.88. The normalized spacial score (nSPS) is 10.7. The molecule has 0 radical (unpaired) electrons. The zero-order chi connectivity index (χ0) is 20.9. The third-order valence-corrected chi connectivity index (χ3v) is 4.77. The summed E-state index contributed by atoms with van der Waals surface area (Å²) in [6.07, 6.45) is 2.31. The molecule has 1 N–H and O–H groups in total. The van der Waals surface area contributed by atoms with Gasteiger partial charge in [-0.25, -0.2) is 9.07 Å². The first-order valence-electron chi connectivity index (χ1n) is 9.41. The van der Waals surface area contributed by atoms with E-state index in [-0.39, 0.29) is 11.6 Å². The van der Waals surface area contributed by atoms with Gasteiger partial charge in [-0.3, -0.25) is 9.78 Å². The molecule has 0 atom stereocenters. The molecule has 0 saturated heterocycles. The molecule has 150 valence electrons. The molecule has 0 aliphatic rings. The maximum absolute atomic E-state index is 14.3. The van der Waals surface area contributed by atoms with Crippen LogP contribution in [-0.4, -0.2) is 27.2 Å². The van der Waals surface area contributed by atoms with E-state index in [9.17, 15) is 9.18 Å². The van der Waals surface area contributed by atoms with Gasteiger partial charge in [-0.2, -0.15) is 5.10 Å². The summed E-state index contributed by atoms with van der Waals surface area (Å²) in [6.45, 7) is 0.408. The van der Waals surface area contributed by atoms with E-state index in [0.29, 0.717) is 34.9 Å². The van der Waals surface area contributed by atoms with Gasteiger partial charge in [0.25, 0.3) is 5.91 Å². The highest BCUT2D eigenvalue weighted by atomic mass is 35.5. The van der Waals surface area contributed by atoms with E-state index in [0.717, 1.165) is 5.69 Å². The Morgan fingerprint density at radius 1 is 1.03 bits per heavy atom. The zero-order valence-corrected chi connectivity index (χ0v) is 16.7. The number of rotatable bonds is 6. The number of carbonyl (C=O) groups excluding carboxylic acids is 1. The van der Waals surface area contributed by atoms with Gasteiger partial charge in [0, 0.05) is 35.4 Å². The third-order valence-electron chi connectivity index (χ3n) is 4.54. The Labute approximate surface area is 178 Å². The topological polar surface area (TPSA) is 59.8 Å². The Kier molecular flexibility index (Phi) is 5.86. The monoisotopic (exact) mass is 420 g/mol. The smallest absolute Gasteiger partial charge is 0.270 e. The second-order valence-electron chi connectivity index (χ2n) is 6.61. The fourth-order valence-corrected chi connectivity index (χ4v) is 3.27. The minimum atomic E-state index is -0.407. The lowest BCUT2D eigenvalue weighted by atomic mass is 10.1. The summed E-state index contributed by atoms with van der Waals surface area (Å²) in [7, 11) is 0. The zero-order valence-electron chi connectivity index (χ0n) is 15.9. The number of nitrogens with zero attached hydrogens (tertiary/aromatic N) is 3. The molecular weight excluding hydrogens is 403 g/mol. The van der Waals surface area contributed by atoms with E-state index >= 15 is 0 Å². The molecule has 1 amide bonds. The molecule has 7 heteroatoms. The van der Waals surface area contributed by atoms with Crippen molar-refractivity contribution >= 4 is 17.5 Å². The summed E-state index contributed by atoms with van der Waals surface area (Å²) >= 11 is 6.12. The molecule has 0 aliphatic heterocycles. The van der Waals surface area contributed by atoms with Crippen molar-refractivity contribution in [1.29, 1.82) is 0 Å². The molecule has 4 rings (SSSR count). The Hall–Kier alpha value is -3.51. The summed E-state index contributed by atoms with van der Waals surface area (Å²) in [6, 6.07) is 20.5. The molecule has 30 heavy (non-hydrogen) atoms. The molecule has 5 nitrogen and oxygen atoms in total. The highest BCUT2D eigenvalue weighted by Gasteiger charge is 2.19. The Morgan fingerprint density at radius 2 is 1.87 bits per heavy atom. The van der Waals surface area contributed by atoms with Crippen molar-refractivity contribution in [2.45, 2.75) is 6.42 Å². The van der Waals surface area contributed by atoms with E-state index in [1.807, 2.05) is 18.2 Å². The van der Waals surface area contributed by atoms with Crippen molar-refractivity contribution < 1.29 is 9.18 Å². The quantitative estimate of drug-likeness (QED) is 0.492. The van der Waals surface area contributed by atoms with Gasteiger partial charge in [0.15, 0.2) is 0 Å². The molecule has 0 saturated carbocycles. The predicted octanol–water partition coefficient (Wildman–Crippen LogP) is 4.70. The molecule has 0 fully saturated rings. The van der Waals surface area contributed by atoms with Crippen LogP contribution in [0.25, 0.3) is 16.9 Å². The maximum Gasteiger partial charge on any atom is 0.270 e. The van der Waals surface area contributed by atoms with Gasteiger partial charge >= 0.3 is 0 Å². The minimum Gasteiger partial charge on any atom is -0.350 e. The van der Waals surface area contributed by atoms with E-state index in [4.69, 9.17) is 11.6 Å². The van der Waals surface area contributed by atoms with Crippen LogP contribution in [0.5, 0.6) is 0 Å². The Balaban J connectivity index is 1.64. The van der Waals surface area contributed by atoms with Crippen molar-refractivity contribution in [3.63, 3.8) is 0 Å². The Morgan fingerprint density at radius 3 is 2.63 bits per heavy atom. The number of carbonyl (C=O) groups is 1. The first kappa shape index (κ1) is 19.8. The Bertz CT molecular complexity index is 1180. The maximum atomic E-state index is 14.3. The number of hydrogen-bond donors (Lipinski definition) is 1.